The number of amidine groups is 1. The van der Waals surface area contributed by atoms with Crippen LogP contribution in [0.15, 0.2) is 41.4 Å². The van der Waals surface area contributed by atoms with E-state index < -0.39 is 17.5 Å². The van der Waals surface area contributed by atoms with E-state index in [0.717, 1.165) is 43.6 Å². The number of carbonyl (C=O) groups is 2. The number of amides is 2. The fourth-order valence-corrected chi connectivity index (χ4v) is 6.54. The summed E-state index contributed by atoms with van der Waals surface area (Å²) in [7, 11) is 0. The lowest BCUT2D eigenvalue weighted by Crippen LogP contribution is -2.36. The van der Waals surface area contributed by atoms with E-state index in [4.69, 9.17) is 10.5 Å². The van der Waals surface area contributed by atoms with E-state index in [1.54, 1.807) is 35.2 Å². The van der Waals surface area contributed by atoms with Gasteiger partial charge in [0.15, 0.2) is 0 Å². The second-order valence-electron chi connectivity index (χ2n) is 12.3. The van der Waals surface area contributed by atoms with Gasteiger partial charge in [-0.1, -0.05) is 23.8 Å². The SMILES string of the molecule is CC(C)(C)OC(=O)N1CCC[C@@H]1c1ccc(C(N)=Nc2nc3ccc(C(=O)NCCCN4CCCCC4)cc3s2)c(F)c1. The molecular formula is C32H41FN6O3S. The molecule has 11 heteroatoms. The Labute approximate surface area is 256 Å². The number of nitrogens with zero attached hydrogens (tertiary/aromatic N) is 4. The maximum absolute atomic E-state index is 15.3. The Kier molecular flexibility index (Phi) is 9.61. The lowest BCUT2D eigenvalue weighted by molar-refractivity contribution is 0.0224. The molecule has 9 nitrogen and oxygen atoms in total. The summed E-state index contributed by atoms with van der Waals surface area (Å²) in [6.45, 7) is 9.98. The second kappa shape index (κ2) is 13.4. The molecule has 2 aliphatic rings. The van der Waals surface area contributed by atoms with Crippen LogP contribution in [-0.4, -0.2) is 70.9 Å². The zero-order valence-corrected chi connectivity index (χ0v) is 26.0. The number of likely N-dealkylation sites (tertiary alicyclic amines) is 2. The normalized spacial score (nSPS) is 18.3. The Morgan fingerprint density at radius 2 is 1.91 bits per heavy atom. The highest BCUT2D eigenvalue weighted by Crippen LogP contribution is 2.34. The number of hydrogen-bond acceptors (Lipinski definition) is 7. The van der Waals surface area contributed by atoms with Crippen LogP contribution in [0.5, 0.6) is 0 Å². The molecule has 2 aliphatic heterocycles. The van der Waals surface area contributed by atoms with Gasteiger partial charge in [0.2, 0.25) is 5.13 Å². The van der Waals surface area contributed by atoms with Gasteiger partial charge in [0.25, 0.3) is 5.91 Å². The molecule has 43 heavy (non-hydrogen) atoms. The molecule has 0 radical (unpaired) electrons. The van der Waals surface area contributed by atoms with Crippen molar-refractivity contribution in [3.05, 3.63) is 58.9 Å². The van der Waals surface area contributed by atoms with E-state index in [1.807, 2.05) is 20.8 Å². The number of ether oxygens (including phenoxy) is 1. The molecule has 0 spiro atoms. The monoisotopic (exact) mass is 608 g/mol. The topological polar surface area (TPSA) is 113 Å². The van der Waals surface area contributed by atoms with E-state index in [-0.39, 0.29) is 23.3 Å². The molecule has 230 valence electrons. The van der Waals surface area contributed by atoms with Crippen LogP contribution < -0.4 is 11.1 Å². The number of aromatic nitrogens is 1. The van der Waals surface area contributed by atoms with Crippen LogP contribution in [0.25, 0.3) is 10.2 Å². The van der Waals surface area contributed by atoms with Crippen molar-refractivity contribution in [2.24, 2.45) is 10.7 Å². The highest BCUT2D eigenvalue weighted by atomic mass is 32.1. The first-order chi connectivity index (χ1) is 20.6. The summed E-state index contributed by atoms with van der Waals surface area (Å²) < 4.78 is 21.6. The average Bonchev–Trinajstić information content (AvgIpc) is 3.61. The third-order valence-corrected chi connectivity index (χ3v) is 8.69. The van der Waals surface area contributed by atoms with E-state index in [1.165, 1.54) is 36.7 Å². The number of rotatable bonds is 8. The van der Waals surface area contributed by atoms with Crippen LogP contribution in [0.4, 0.5) is 14.3 Å². The highest BCUT2D eigenvalue weighted by Gasteiger charge is 2.33. The Morgan fingerprint density at radius 1 is 1.12 bits per heavy atom. The van der Waals surface area contributed by atoms with Crippen molar-refractivity contribution in [2.45, 2.75) is 70.9 Å². The molecular weight excluding hydrogens is 567 g/mol. The number of hydrogen-bond donors (Lipinski definition) is 2. The summed E-state index contributed by atoms with van der Waals surface area (Å²) in [5, 5.41) is 3.39. The van der Waals surface area contributed by atoms with Crippen molar-refractivity contribution < 1.29 is 18.7 Å². The van der Waals surface area contributed by atoms with Crippen molar-refractivity contribution in [2.75, 3.05) is 32.7 Å². The van der Waals surface area contributed by atoms with Gasteiger partial charge in [-0.25, -0.2) is 19.2 Å². The van der Waals surface area contributed by atoms with Crippen LogP contribution in [-0.2, 0) is 4.74 Å². The van der Waals surface area contributed by atoms with E-state index in [9.17, 15) is 9.59 Å². The highest BCUT2D eigenvalue weighted by molar-refractivity contribution is 7.22. The van der Waals surface area contributed by atoms with Crippen molar-refractivity contribution in [1.82, 2.24) is 20.1 Å². The number of thiazole rings is 1. The van der Waals surface area contributed by atoms with Gasteiger partial charge in [-0.15, -0.1) is 0 Å². The minimum absolute atomic E-state index is 0.00481. The fraction of sp³-hybridized carbons (Fsp3) is 0.500. The van der Waals surface area contributed by atoms with Crippen molar-refractivity contribution in [3.8, 4) is 0 Å². The van der Waals surface area contributed by atoms with Gasteiger partial charge in [0.1, 0.15) is 17.3 Å². The van der Waals surface area contributed by atoms with Crippen LogP contribution >= 0.6 is 11.3 Å². The smallest absolute Gasteiger partial charge is 0.410 e. The Hall–Kier alpha value is -3.57. The molecule has 2 fully saturated rings. The summed E-state index contributed by atoms with van der Waals surface area (Å²) in [5.41, 5.74) is 7.72. The number of nitrogens with one attached hydrogen (secondary N) is 1. The molecule has 3 heterocycles. The Morgan fingerprint density at radius 3 is 2.65 bits per heavy atom. The average molecular weight is 609 g/mol. The number of carbonyl (C=O) groups excluding carboxylic acids is 2. The minimum Gasteiger partial charge on any atom is -0.444 e. The molecule has 0 aliphatic carbocycles. The zero-order valence-electron chi connectivity index (χ0n) is 25.2. The number of piperidine rings is 1. The largest absolute Gasteiger partial charge is 0.444 e. The molecule has 2 aromatic carbocycles. The number of fused-ring (bicyclic) bond motifs is 1. The summed E-state index contributed by atoms with van der Waals surface area (Å²) in [4.78, 5) is 38.4. The van der Waals surface area contributed by atoms with Crippen molar-refractivity contribution >= 4 is 44.5 Å². The molecule has 1 atom stereocenters. The summed E-state index contributed by atoms with van der Waals surface area (Å²) in [5.74, 6) is -0.631. The second-order valence-corrected chi connectivity index (χ2v) is 13.3. The quantitative estimate of drug-likeness (QED) is 0.180. The maximum Gasteiger partial charge on any atom is 0.410 e. The van der Waals surface area contributed by atoms with Gasteiger partial charge in [-0.05, 0) is 108 Å². The van der Waals surface area contributed by atoms with Gasteiger partial charge in [-0.2, -0.15) is 0 Å². The fourth-order valence-electron chi connectivity index (χ4n) is 5.65. The lowest BCUT2D eigenvalue weighted by atomic mass is 10.0. The molecule has 0 bridgehead atoms. The predicted molar refractivity (Wildman–Crippen MR) is 169 cm³/mol. The number of nitrogens with two attached hydrogens (primary N) is 1. The molecule has 3 N–H and O–H groups in total. The van der Waals surface area contributed by atoms with Gasteiger partial charge < -0.3 is 25.6 Å². The van der Waals surface area contributed by atoms with Crippen molar-refractivity contribution in [3.63, 3.8) is 0 Å². The number of benzene rings is 2. The molecule has 1 aromatic heterocycles. The van der Waals surface area contributed by atoms with Gasteiger partial charge in [0.05, 0.1) is 21.8 Å². The molecule has 0 unspecified atom stereocenters. The van der Waals surface area contributed by atoms with Gasteiger partial charge in [-0.3, -0.25) is 4.79 Å². The summed E-state index contributed by atoms with van der Waals surface area (Å²) in [6, 6.07) is 9.87. The lowest BCUT2D eigenvalue weighted by Gasteiger charge is -2.29. The van der Waals surface area contributed by atoms with Gasteiger partial charge in [0, 0.05) is 18.7 Å². The van der Waals surface area contributed by atoms with E-state index in [2.05, 4.69) is 20.2 Å². The molecule has 5 rings (SSSR count). The van der Waals surface area contributed by atoms with Crippen LogP contribution in [0.3, 0.4) is 0 Å². The standard InChI is InChI=1S/C32H41FN6O3S/c1-32(2,3)42-31(41)39-18-7-9-26(39)21-10-12-23(24(33)19-21)28(34)37-30-36-25-13-11-22(20-27(25)43-30)29(40)35-14-8-17-38-15-5-4-6-16-38/h10-13,19-20,26H,4-9,14-18H2,1-3H3,(H,35,40)(H2,34,36,37)/t26-/m1/s1. The number of aliphatic imine (C=N–C) groups is 1. The van der Waals surface area contributed by atoms with Crippen LogP contribution in [0, 0.1) is 5.82 Å². The molecule has 2 saturated heterocycles. The Bertz CT molecular complexity index is 1490. The summed E-state index contributed by atoms with van der Waals surface area (Å²) >= 11 is 1.29. The predicted octanol–water partition coefficient (Wildman–Crippen LogP) is 6.15. The van der Waals surface area contributed by atoms with Crippen LogP contribution in [0.2, 0.25) is 0 Å². The van der Waals surface area contributed by atoms with E-state index in [0.29, 0.717) is 34.9 Å². The maximum atomic E-state index is 15.3. The third-order valence-electron chi connectivity index (χ3n) is 7.78. The van der Waals surface area contributed by atoms with Crippen LogP contribution in [0.1, 0.15) is 86.8 Å². The first kappa shape index (κ1) is 30.9. The first-order valence-corrected chi connectivity index (χ1v) is 15.9. The molecule has 3 aromatic rings. The summed E-state index contributed by atoms with van der Waals surface area (Å²) in [6.07, 6.45) is 5.91. The third kappa shape index (κ3) is 7.88. The van der Waals surface area contributed by atoms with E-state index >= 15 is 4.39 Å². The zero-order chi connectivity index (χ0) is 30.6. The van der Waals surface area contributed by atoms with Crippen molar-refractivity contribution in [1.29, 1.82) is 0 Å². The molecule has 2 amide bonds. The van der Waals surface area contributed by atoms with Gasteiger partial charge >= 0.3 is 6.09 Å². The first-order valence-electron chi connectivity index (χ1n) is 15.1. The Balaban J connectivity index is 1.22. The minimum atomic E-state index is -0.606. The number of halogens is 1. The molecule has 0 saturated carbocycles.